The molecule has 2 unspecified atom stereocenters. The summed E-state index contributed by atoms with van der Waals surface area (Å²) in [6.45, 7) is 10.3. The van der Waals surface area contributed by atoms with E-state index in [0.717, 1.165) is 44.1 Å². The van der Waals surface area contributed by atoms with Crippen molar-refractivity contribution in [3.05, 3.63) is 11.6 Å². The molecule has 7 heteroatoms. The molecule has 0 spiro atoms. The van der Waals surface area contributed by atoms with Crippen LogP contribution in [0.1, 0.15) is 99.3 Å². The molecule has 0 aromatic heterocycles. The SMILES string of the molecule is CC(=O)OC(OC(C)=O)[C@]12CCCCC1CC=C1[C@H]2CC[C@]2(C)C(OC(=O)C(C)(C)C)CC[C@@]12O. The Morgan fingerprint density at radius 3 is 2.26 bits per heavy atom. The van der Waals surface area contributed by atoms with Crippen LogP contribution >= 0.6 is 0 Å². The highest BCUT2D eigenvalue weighted by molar-refractivity contribution is 5.75. The van der Waals surface area contributed by atoms with Crippen LogP contribution in [0.3, 0.4) is 0 Å². The molecule has 4 aliphatic rings. The van der Waals surface area contributed by atoms with Gasteiger partial charge >= 0.3 is 17.9 Å². The summed E-state index contributed by atoms with van der Waals surface area (Å²) in [4.78, 5) is 37.0. The third kappa shape index (κ3) is 4.11. The van der Waals surface area contributed by atoms with Gasteiger partial charge in [0.25, 0.3) is 6.29 Å². The minimum absolute atomic E-state index is 0.0691. The van der Waals surface area contributed by atoms with E-state index in [1.807, 2.05) is 27.7 Å². The molecule has 1 N–H and O–H groups in total. The second-order valence-electron chi connectivity index (χ2n) is 12.6. The van der Waals surface area contributed by atoms with Crippen molar-refractivity contribution in [2.75, 3.05) is 0 Å². The van der Waals surface area contributed by atoms with Crippen molar-refractivity contribution in [3.8, 4) is 0 Å². The maximum atomic E-state index is 12.7. The van der Waals surface area contributed by atoms with Gasteiger partial charge in [0, 0.05) is 19.3 Å². The maximum Gasteiger partial charge on any atom is 0.311 e. The third-order valence-corrected chi connectivity index (χ3v) is 9.52. The summed E-state index contributed by atoms with van der Waals surface area (Å²) < 4.78 is 17.5. The van der Waals surface area contributed by atoms with Gasteiger partial charge in [-0.05, 0) is 83.1 Å². The predicted octanol–water partition coefficient (Wildman–Crippen LogP) is 4.84. The van der Waals surface area contributed by atoms with Crippen molar-refractivity contribution in [2.45, 2.75) is 117 Å². The summed E-state index contributed by atoms with van der Waals surface area (Å²) in [5.41, 5.74) is -1.93. The topological polar surface area (TPSA) is 99.1 Å². The van der Waals surface area contributed by atoms with Crippen molar-refractivity contribution in [3.63, 3.8) is 0 Å². The van der Waals surface area contributed by atoms with E-state index in [9.17, 15) is 19.5 Å². The molecular formula is C28H42O7. The first-order valence-electron chi connectivity index (χ1n) is 13.2. The lowest BCUT2D eigenvalue weighted by atomic mass is 9.46. The van der Waals surface area contributed by atoms with Gasteiger partial charge in [-0.3, -0.25) is 14.4 Å². The van der Waals surface area contributed by atoms with Crippen LogP contribution < -0.4 is 0 Å². The summed E-state index contributed by atoms with van der Waals surface area (Å²) in [6, 6.07) is 0. The fraction of sp³-hybridized carbons (Fsp3) is 0.821. The highest BCUT2D eigenvalue weighted by atomic mass is 16.7. The Bertz CT molecular complexity index is 901. The fourth-order valence-electron chi connectivity index (χ4n) is 7.68. The molecule has 0 bridgehead atoms. The zero-order valence-corrected chi connectivity index (χ0v) is 22.1. The number of hydrogen-bond donors (Lipinski definition) is 1. The number of ether oxygens (including phenoxy) is 3. The molecule has 0 saturated heterocycles. The number of esters is 3. The summed E-state index contributed by atoms with van der Waals surface area (Å²) in [7, 11) is 0. The largest absolute Gasteiger partial charge is 0.461 e. The predicted molar refractivity (Wildman–Crippen MR) is 129 cm³/mol. The lowest BCUT2D eigenvalue weighted by molar-refractivity contribution is -0.243. The minimum Gasteiger partial charge on any atom is -0.461 e. The van der Waals surface area contributed by atoms with E-state index in [1.54, 1.807) is 0 Å². The summed E-state index contributed by atoms with van der Waals surface area (Å²) in [6.07, 6.45) is 7.95. The molecule has 0 aromatic rings. The molecule has 3 saturated carbocycles. The zero-order chi connectivity index (χ0) is 25.8. The van der Waals surface area contributed by atoms with Crippen LogP contribution in [0.15, 0.2) is 11.6 Å². The molecule has 35 heavy (non-hydrogen) atoms. The summed E-state index contributed by atoms with van der Waals surface area (Å²) in [5.74, 6) is -1.06. The Hall–Kier alpha value is -1.89. The monoisotopic (exact) mass is 490 g/mol. The van der Waals surface area contributed by atoms with Crippen LogP contribution in [0.5, 0.6) is 0 Å². The second-order valence-corrected chi connectivity index (χ2v) is 12.6. The van der Waals surface area contributed by atoms with Crippen LogP contribution in [0, 0.1) is 28.1 Å². The van der Waals surface area contributed by atoms with Crippen LogP contribution in [-0.2, 0) is 28.6 Å². The quantitative estimate of drug-likeness (QED) is 0.342. The maximum absolute atomic E-state index is 12.7. The van der Waals surface area contributed by atoms with E-state index in [-0.39, 0.29) is 23.9 Å². The van der Waals surface area contributed by atoms with Gasteiger partial charge in [0.2, 0.25) is 0 Å². The Labute approximate surface area is 208 Å². The zero-order valence-electron chi connectivity index (χ0n) is 22.1. The summed E-state index contributed by atoms with van der Waals surface area (Å²) in [5, 5.41) is 12.3. The Morgan fingerprint density at radius 1 is 1.00 bits per heavy atom. The van der Waals surface area contributed by atoms with Crippen molar-refractivity contribution in [1.29, 1.82) is 0 Å². The molecule has 7 nitrogen and oxygen atoms in total. The van der Waals surface area contributed by atoms with Gasteiger partial charge in [-0.2, -0.15) is 0 Å². The number of aliphatic hydroxyl groups is 1. The number of carbonyl (C=O) groups excluding carboxylic acids is 3. The van der Waals surface area contributed by atoms with Crippen molar-refractivity contribution >= 4 is 17.9 Å². The molecule has 0 aromatic carbocycles. The van der Waals surface area contributed by atoms with E-state index in [1.165, 1.54) is 13.8 Å². The number of allylic oxidation sites excluding steroid dienone is 1. The average molecular weight is 491 g/mol. The van der Waals surface area contributed by atoms with Gasteiger partial charge in [0.1, 0.15) is 6.10 Å². The van der Waals surface area contributed by atoms with Gasteiger partial charge < -0.3 is 19.3 Å². The molecule has 6 atom stereocenters. The highest BCUT2D eigenvalue weighted by Gasteiger charge is 2.68. The lowest BCUT2D eigenvalue weighted by Crippen LogP contribution is -2.62. The standard InChI is InChI=1S/C28H42O7/c1-17(29)33-24(34-18(2)30)27-14-8-7-9-19(27)10-11-21-20(27)12-15-26(6)22(13-16-28(21,26)32)35-23(31)25(3,4)5/h11,19-20,22,24,32H,7-10,12-16H2,1-6H3/t19?,20-,22?,26-,27-,28-/m1/s1. The minimum atomic E-state index is -1.12. The molecule has 196 valence electrons. The Balaban J connectivity index is 1.73. The van der Waals surface area contributed by atoms with Gasteiger partial charge in [0.05, 0.1) is 16.4 Å². The molecule has 0 radical (unpaired) electrons. The molecule has 0 aliphatic heterocycles. The van der Waals surface area contributed by atoms with Crippen molar-refractivity contribution < 1.29 is 33.7 Å². The average Bonchev–Trinajstić information content (AvgIpc) is 3.02. The molecule has 3 fully saturated rings. The number of carbonyl (C=O) groups is 3. The first-order chi connectivity index (χ1) is 16.3. The first kappa shape index (κ1) is 26.2. The number of rotatable bonds is 4. The van der Waals surface area contributed by atoms with Crippen molar-refractivity contribution in [2.24, 2.45) is 28.1 Å². The molecule has 0 heterocycles. The van der Waals surface area contributed by atoms with E-state index in [4.69, 9.17) is 14.2 Å². The van der Waals surface area contributed by atoms with Gasteiger partial charge in [-0.1, -0.05) is 25.8 Å². The van der Waals surface area contributed by atoms with E-state index < -0.39 is 40.1 Å². The van der Waals surface area contributed by atoms with Crippen LogP contribution in [0.4, 0.5) is 0 Å². The number of fused-ring (bicyclic) bond motifs is 5. The van der Waals surface area contributed by atoms with Crippen LogP contribution in [-0.4, -0.2) is 41.0 Å². The van der Waals surface area contributed by atoms with E-state index >= 15 is 0 Å². The van der Waals surface area contributed by atoms with Crippen LogP contribution in [0.25, 0.3) is 0 Å². The first-order valence-corrected chi connectivity index (χ1v) is 13.2. The van der Waals surface area contributed by atoms with Gasteiger partial charge in [-0.15, -0.1) is 0 Å². The fourth-order valence-corrected chi connectivity index (χ4v) is 7.68. The van der Waals surface area contributed by atoms with Gasteiger partial charge in [0.15, 0.2) is 0 Å². The Morgan fingerprint density at radius 2 is 1.66 bits per heavy atom. The third-order valence-electron chi connectivity index (χ3n) is 9.52. The highest BCUT2D eigenvalue weighted by Crippen LogP contribution is 2.67. The lowest BCUT2D eigenvalue weighted by Gasteiger charge is -2.60. The molecular weight excluding hydrogens is 448 g/mol. The van der Waals surface area contributed by atoms with Crippen molar-refractivity contribution in [1.82, 2.24) is 0 Å². The molecule has 4 rings (SSSR count). The Kier molecular flexibility index (Phi) is 6.65. The molecule has 4 aliphatic carbocycles. The number of hydrogen-bond acceptors (Lipinski definition) is 7. The second kappa shape index (κ2) is 8.89. The summed E-state index contributed by atoms with van der Waals surface area (Å²) >= 11 is 0. The van der Waals surface area contributed by atoms with E-state index in [2.05, 4.69) is 6.08 Å². The van der Waals surface area contributed by atoms with Gasteiger partial charge in [-0.25, -0.2) is 0 Å². The molecule has 0 amide bonds. The van der Waals surface area contributed by atoms with Crippen LogP contribution in [0.2, 0.25) is 0 Å². The van der Waals surface area contributed by atoms with E-state index in [0.29, 0.717) is 19.3 Å². The normalized spacial score (nSPS) is 38.5. The smallest absolute Gasteiger partial charge is 0.311 e.